The zero-order chi connectivity index (χ0) is 91.2. The van der Waals surface area contributed by atoms with Gasteiger partial charge in [-0.3, -0.25) is 28.8 Å². The lowest BCUT2D eigenvalue weighted by molar-refractivity contribution is -0.171. The molecule has 18 rings (SSSR count). The number of amides is 7. The molecule has 12 saturated carbocycles. The quantitative estimate of drug-likeness (QED) is 0.0113. The monoisotopic (exact) mass is 1720 g/mol. The Morgan fingerprint density at radius 1 is 0.444 bits per heavy atom. The van der Waals surface area contributed by atoms with Crippen molar-refractivity contribution >= 4 is 83.8 Å². The van der Waals surface area contributed by atoms with Crippen LogP contribution in [0.5, 0.6) is 0 Å². The molecule has 4 aromatic rings. The molecule has 0 aromatic heterocycles. The van der Waals surface area contributed by atoms with Gasteiger partial charge in [-0.15, -0.1) is 0 Å². The van der Waals surface area contributed by atoms with E-state index in [1.807, 2.05) is 150 Å². The summed E-state index contributed by atoms with van der Waals surface area (Å²) in [6.07, 6.45) is 12.7. The number of hydrogen-bond donors (Lipinski definition) is 7. The number of fused-ring (bicyclic) bond motifs is 2. The summed E-state index contributed by atoms with van der Waals surface area (Å²) < 4.78 is 35.5. The first kappa shape index (κ1) is 95.2. The maximum atomic E-state index is 13.8. The van der Waals surface area contributed by atoms with Crippen LogP contribution in [0.1, 0.15) is 249 Å². The van der Waals surface area contributed by atoms with Gasteiger partial charge in [-0.25, -0.2) is 33.6 Å². The molecular formula is C94H124N8O22. The van der Waals surface area contributed by atoms with Crippen LogP contribution >= 0.6 is 0 Å². The number of carbonyl (C=O) groups excluding carboxylic acids is 13. The molecule has 2 unspecified atom stereocenters. The molecule has 12 fully saturated rings. The second-order valence-electron chi connectivity index (χ2n) is 40.0. The maximum Gasteiger partial charge on any atom is 0.408 e. The van der Waals surface area contributed by atoms with Crippen LogP contribution < -0.4 is 32.3 Å². The summed E-state index contributed by atoms with van der Waals surface area (Å²) in [5.41, 5.74) is 8.42. The number of carbonyl (C=O) groups is 14. The fourth-order valence-corrected chi connectivity index (χ4v) is 19.8. The number of ketones is 2. The lowest BCUT2D eigenvalue weighted by Crippen LogP contribution is -2.76. The van der Waals surface area contributed by atoms with Crippen molar-refractivity contribution in [2.75, 3.05) is 21.3 Å². The van der Waals surface area contributed by atoms with Crippen molar-refractivity contribution in [3.63, 3.8) is 0 Å². The van der Waals surface area contributed by atoms with Gasteiger partial charge >= 0.3 is 48.3 Å². The number of methoxy groups -OCH3 is 3. The molecule has 8 N–H and O–H groups in total. The number of allylic oxidation sites excluding steroid dienone is 1. The van der Waals surface area contributed by atoms with Crippen LogP contribution in [-0.2, 0) is 97.4 Å². The van der Waals surface area contributed by atoms with Crippen molar-refractivity contribution < 1.29 is 105 Å². The Labute approximate surface area is 725 Å². The van der Waals surface area contributed by atoms with Crippen LogP contribution in [0.3, 0.4) is 0 Å². The van der Waals surface area contributed by atoms with Crippen molar-refractivity contribution in [2.45, 2.75) is 300 Å². The van der Waals surface area contributed by atoms with Gasteiger partial charge in [0.05, 0.1) is 21.3 Å². The van der Waals surface area contributed by atoms with Crippen molar-refractivity contribution in [2.24, 2.45) is 27.4 Å². The minimum Gasteiger partial charge on any atom is -0.480 e. The van der Waals surface area contributed by atoms with Crippen LogP contribution in [0.15, 0.2) is 121 Å². The average molecular weight is 1720 g/mol. The molecule has 4 aromatic carbocycles. The lowest BCUT2D eigenvalue weighted by atomic mass is 9.38. The smallest absolute Gasteiger partial charge is 0.408 e. The summed E-state index contributed by atoms with van der Waals surface area (Å²) >= 11 is 0. The van der Waals surface area contributed by atoms with Gasteiger partial charge in [-0.2, -0.15) is 0 Å². The fraction of sp³-hybridized carbons (Fsp3) is 0.574. The highest BCUT2D eigenvalue weighted by Crippen LogP contribution is 2.71. The van der Waals surface area contributed by atoms with Crippen LogP contribution in [0, 0.1) is 21.7 Å². The Hall–Kier alpha value is -11.0. The standard InChI is InChI=1S/C34H41N3O7.C20H19NO4.C15H23NO4.C14H24N2O4.C11H17NO3/c1-32(2,3)44-31(42)36-34-19-33(20-34,21-34)17-25(30(41)43-4)35-29(40)26-16-23-12-8-9-13-24(23)18-37(26)28(39)15-14-27(38)22-10-6-5-7-11-22;22-18(14-6-2-1-3-7-14)10-11-19(23)21-13-16-9-5-4-8-15(16)12-17(21)20(24)25;1-10(11(17)19-5)6-14-7-15(8-14,9-14)16-12(18)20-13(2,3)4;1-12(2,3)20-11(18)16-14-6-13(7-14,8-14)5-9(15)10(17)19-4;1-9(2,3)15-8(14)12-11-4-10(5-11,6-11)7-13/h5-13,25-26H,14-21H2,1-4H3,(H,35,40)(H,36,42);1-9,17H,10-13H2,(H,24,25);6H,7-9H2,1-5H3,(H,16,18);9H,5-8,15H2,1-4H3,(H,16,18);7H,4-6H2,1-3H3,(H,12,14)/b;;10-6-;;/t25?,26-,33?,34?;17-;;;/m00.../s1. The highest BCUT2D eigenvalue weighted by molar-refractivity contribution is 6.00. The molecular weight excluding hydrogens is 1590 g/mol. The minimum atomic E-state index is -1.02. The molecule has 12 aliphatic carbocycles. The molecule has 8 bridgehead atoms. The average Bonchev–Trinajstić information content (AvgIpc) is 0.697. The fourth-order valence-electron chi connectivity index (χ4n) is 19.8. The van der Waals surface area contributed by atoms with Crippen LogP contribution in [0.25, 0.3) is 0 Å². The van der Waals surface area contributed by atoms with E-state index < -0.39 is 70.5 Å². The Morgan fingerprint density at radius 3 is 1.12 bits per heavy atom. The van der Waals surface area contributed by atoms with Gasteiger partial charge in [-0.05, 0) is 218 Å². The molecule has 30 heteroatoms. The Kier molecular flexibility index (Phi) is 28.4. The van der Waals surface area contributed by atoms with Gasteiger partial charge in [0.1, 0.15) is 52.9 Å². The molecule has 0 saturated heterocycles. The van der Waals surface area contributed by atoms with Gasteiger partial charge in [0, 0.05) is 95.9 Å². The molecule has 2 heterocycles. The first-order valence-corrected chi connectivity index (χ1v) is 42.5. The second kappa shape index (κ2) is 37.0. The van der Waals surface area contributed by atoms with E-state index in [-0.39, 0.29) is 136 Å². The molecule has 14 aliphatic rings. The summed E-state index contributed by atoms with van der Waals surface area (Å²) in [4.78, 5) is 173. The number of aliphatic carboxylic acids is 1. The summed E-state index contributed by atoms with van der Waals surface area (Å²) in [7, 11) is 4.01. The Bertz CT molecular complexity index is 4660. The molecule has 2 aliphatic heterocycles. The third kappa shape index (κ3) is 23.9. The number of nitrogens with zero attached hydrogens (tertiary/aromatic N) is 2. The predicted octanol–water partition coefficient (Wildman–Crippen LogP) is 12.3. The van der Waals surface area contributed by atoms with E-state index in [9.17, 15) is 72.2 Å². The Morgan fingerprint density at radius 2 is 0.774 bits per heavy atom. The number of aldehydes is 1. The zero-order valence-electron chi connectivity index (χ0n) is 74.4. The van der Waals surface area contributed by atoms with E-state index in [2.05, 4.69) is 31.3 Å². The van der Waals surface area contributed by atoms with Gasteiger partial charge < -0.3 is 85.2 Å². The van der Waals surface area contributed by atoms with Gasteiger partial charge in [0.15, 0.2) is 11.6 Å². The second-order valence-corrected chi connectivity index (χ2v) is 40.0. The number of ether oxygens (including phenoxy) is 7. The van der Waals surface area contributed by atoms with Gasteiger partial charge in [-0.1, -0.05) is 115 Å². The first-order valence-electron chi connectivity index (χ1n) is 42.5. The Balaban J connectivity index is 0.000000172. The molecule has 0 radical (unpaired) electrons. The predicted molar refractivity (Wildman–Crippen MR) is 455 cm³/mol. The third-order valence-corrected chi connectivity index (χ3v) is 24.4. The lowest BCUT2D eigenvalue weighted by Gasteiger charge is -2.71. The first-order chi connectivity index (χ1) is 57.8. The number of nitrogens with two attached hydrogens (primary N) is 1. The summed E-state index contributed by atoms with van der Waals surface area (Å²) in [6, 6.07) is 29.6. The number of carboxylic acid groups (broad SMARTS) is 1. The summed E-state index contributed by atoms with van der Waals surface area (Å²) in [5, 5.41) is 24.1. The van der Waals surface area contributed by atoms with Gasteiger partial charge in [0.25, 0.3) is 0 Å². The summed E-state index contributed by atoms with van der Waals surface area (Å²) in [6.45, 7) is 24.3. The largest absolute Gasteiger partial charge is 0.480 e. The maximum absolute atomic E-state index is 13.8. The van der Waals surface area contributed by atoms with Crippen molar-refractivity contribution in [1.82, 2.24) is 36.4 Å². The highest BCUT2D eigenvalue weighted by atomic mass is 16.6. The van der Waals surface area contributed by atoms with E-state index in [0.29, 0.717) is 61.6 Å². The SMILES string of the molecule is CC(C)(C)OC(=O)NC12CC(C=O)(C1)C2.COC(=O)/C(C)=C\C12CC(NC(=O)OC(C)(C)C)(C1)C2.COC(=O)C(CC12CC(NC(=O)OC(C)(C)C)(C1)C2)NC(=O)[C@@H]1Cc2ccccc2CN1C(=O)CCC(=O)c1ccccc1.COC(=O)C(N)CC12CC(NC(=O)OC(C)(C)C)(C1)C2.O=C(CCC(=O)N1Cc2ccccc2C[C@H]1C(=O)O)c1ccccc1. The third-order valence-electron chi connectivity index (χ3n) is 24.4. The topological polar surface area (TPSA) is 416 Å². The molecule has 4 atom stereocenters. The summed E-state index contributed by atoms with van der Waals surface area (Å²) in [5.74, 6) is -3.52. The van der Waals surface area contributed by atoms with Gasteiger partial charge in [0.2, 0.25) is 17.7 Å². The number of rotatable bonds is 24. The van der Waals surface area contributed by atoms with Crippen LogP contribution in [0.4, 0.5) is 19.2 Å². The van der Waals surface area contributed by atoms with Crippen molar-refractivity contribution in [3.05, 3.63) is 154 Å². The molecule has 30 nitrogen and oxygen atoms in total. The molecule has 7 amide bonds. The number of benzene rings is 4. The highest BCUT2D eigenvalue weighted by Gasteiger charge is 2.72. The molecule has 0 spiro atoms. The van der Waals surface area contributed by atoms with E-state index in [0.717, 1.165) is 86.3 Å². The van der Waals surface area contributed by atoms with E-state index in [4.69, 9.17) is 34.2 Å². The van der Waals surface area contributed by atoms with Crippen molar-refractivity contribution in [3.8, 4) is 0 Å². The van der Waals surface area contributed by atoms with E-state index in [1.165, 1.54) is 31.1 Å². The zero-order valence-corrected chi connectivity index (χ0v) is 74.4. The number of hydrogen-bond acceptors (Lipinski definition) is 22. The molecule has 672 valence electrons. The minimum absolute atomic E-state index is 0.0136. The van der Waals surface area contributed by atoms with Crippen LogP contribution in [0.2, 0.25) is 0 Å². The number of nitrogens with one attached hydrogen (secondary N) is 5. The molecule has 124 heavy (non-hydrogen) atoms. The number of Topliss-reactive ketones (excluding diaryl/α,β-unsaturated/α-hetero) is 2. The normalized spacial score (nSPS) is 26.6. The van der Waals surface area contributed by atoms with Crippen LogP contribution in [-0.4, -0.2) is 189 Å². The van der Waals surface area contributed by atoms with Crippen molar-refractivity contribution in [1.29, 1.82) is 0 Å². The number of carboxylic acids is 1. The number of alkyl carbamates (subject to hydrolysis) is 4. The van der Waals surface area contributed by atoms with E-state index in [1.54, 1.807) is 55.5 Å². The van der Waals surface area contributed by atoms with E-state index >= 15 is 0 Å². The number of esters is 3.